The normalized spacial score (nSPS) is 17.6. The summed E-state index contributed by atoms with van der Waals surface area (Å²) in [5, 5.41) is 12.8. The predicted octanol–water partition coefficient (Wildman–Crippen LogP) is 2.96. The van der Waals surface area contributed by atoms with Gasteiger partial charge in [0.15, 0.2) is 0 Å². The van der Waals surface area contributed by atoms with Crippen molar-refractivity contribution in [2.24, 2.45) is 5.92 Å². The van der Waals surface area contributed by atoms with Crippen molar-refractivity contribution in [3.63, 3.8) is 0 Å². The number of benzene rings is 1. The molecule has 134 valence electrons. The Bertz CT molecular complexity index is 684. The first-order valence-corrected chi connectivity index (χ1v) is 9.13. The lowest BCUT2D eigenvalue weighted by molar-refractivity contribution is 0.208. The molecular weight excluding hydrogens is 312 g/mol. The molecule has 0 saturated carbocycles. The van der Waals surface area contributed by atoms with Gasteiger partial charge in [-0.25, -0.2) is 9.97 Å². The van der Waals surface area contributed by atoms with Gasteiger partial charge in [0, 0.05) is 32.3 Å². The summed E-state index contributed by atoms with van der Waals surface area (Å²) in [5.41, 5.74) is 3.96. The molecule has 5 nitrogen and oxygen atoms in total. The van der Waals surface area contributed by atoms with Gasteiger partial charge >= 0.3 is 0 Å². The summed E-state index contributed by atoms with van der Waals surface area (Å²) in [5.74, 6) is 2.16. The lowest BCUT2D eigenvalue weighted by Crippen LogP contribution is -2.37. The van der Waals surface area contributed by atoms with Crippen LogP contribution < -0.4 is 10.2 Å². The summed E-state index contributed by atoms with van der Waals surface area (Å²) in [6.07, 6.45) is 4.79. The van der Waals surface area contributed by atoms with Crippen molar-refractivity contribution in [3.05, 3.63) is 47.3 Å². The van der Waals surface area contributed by atoms with Crippen molar-refractivity contribution in [1.82, 2.24) is 9.97 Å². The Balaban J connectivity index is 1.58. The maximum atomic E-state index is 9.40. The van der Waals surface area contributed by atoms with Crippen LogP contribution in [0.5, 0.6) is 0 Å². The van der Waals surface area contributed by atoms with Crippen LogP contribution in [-0.2, 0) is 6.42 Å². The number of aryl methyl sites for hydroxylation is 2. The molecule has 1 saturated heterocycles. The highest BCUT2D eigenvalue weighted by Crippen LogP contribution is 2.22. The minimum atomic E-state index is 0.253. The second-order valence-corrected chi connectivity index (χ2v) is 7.07. The number of anilines is 2. The smallest absolute Gasteiger partial charge is 0.134 e. The zero-order chi connectivity index (χ0) is 17.6. The van der Waals surface area contributed by atoms with Gasteiger partial charge in [0.05, 0.1) is 0 Å². The van der Waals surface area contributed by atoms with E-state index in [1.54, 1.807) is 6.33 Å². The number of hydrogen-bond donors (Lipinski definition) is 2. The van der Waals surface area contributed by atoms with E-state index in [0.717, 1.165) is 50.5 Å². The molecule has 25 heavy (non-hydrogen) atoms. The van der Waals surface area contributed by atoms with Crippen LogP contribution in [0.2, 0.25) is 0 Å². The molecule has 0 amide bonds. The first-order chi connectivity index (χ1) is 12.1. The van der Waals surface area contributed by atoms with Crippen LogP contribution in [0, 0.1) is 19.8 Å². The molecule has 0 bridgehead atoms. The number of nitrogens with one attached hydrogen (secondary N) is 1. The Morgan fingerprint density at radius 2 is 1.96 bits per heavy atom. The fourth-order valence-electron chi connectivity index (χ4n) is 3.59. The van der Waals surface area contributed by atoms with Crippen molar-refractivity contribution in [3.8, 4) is 0 Å². The summed E-state index contributed by atoms with van der Waals surface area (Å²) in [4.78, 5) is 11.0. The van der Waals surface area contributed by atoms with E-state index in [4.69, 9.17) is 0 Å². The molecule has 0 radical (unpaired) electrons. The van der Waals surface area contributed by atoms with E-state index >= 15 is 0 Å². The number of rotatable bonds is 6. The van der Waals surface area contributed by atoms with Crippen LogP contribution in [0.4, 0.5) is 11.6 Å². The molecule has 3 rings (SSSR count). The van der Waals surface area contributed by atoms with E-state index in [9.17, 15) is 5.11 Å². The Morgan fingerprint density at radius 3 is 2.72 bits per heavy atom. The number of piperidine rings is 1. The predicted molar refractivity (Wildman–Crippen MR) is 102 cm³/mol. The highest BCUT2D eigenvalue weighted by atomic mass is 16.3. The van der Waals surface area contributed by atoms with E-state index in [1.165, 1.54) is 16.7 Å². The summed E-state index contributed by atoms with van der Waals surface area (Å²) < 4.78 is 0. The van der Waals surface area contributed by atoms with Gasteiger partial charge in [-0.3, -0.25) is 0 Å². The molecule has 1 aliphatic heterocycles. The third kappa shape index (κ3) is 4.92. The molecule has 1 aromatic carbocycles. The summed E-state index contributed by atoms with van der Waals surface area (Å²) in [6.45, 7) is 7.24. The molecule has 2 heterocycles. The van der Waals surface area contributed by atoms with E-state index in [0.29, 0.717) is 5.92 Å². The van der Waals surface area contributed by atoms with Crippen LogP contribution in [0.15, 0.2) is 30.6 Å². The molecule has 0 aliphatic carbocycles. The van der Waals surface area contributed by atoms with E-state index in [-0.39, 0.29) is 6.61 Å². The van der Waals surface area contributed by atoms with Crippen LogP contribution >= 0.6 is 0 Å². The average molecular weight is 340 g/mol. The second-order valence-electron chi connectivity index (χ2n) is 7.07. The number of hydrogen-bond acceptors (Lipinski definition) is 5. The first kappa shape index (κ1) is 17.7. The Kier molecular flexibility index (Phi) is 5.87. The monoisotopic (exact) mass is 340 g/mol. The van der Waals surface area contributed by atoms with Gasteiger partial charge in [-0.1, -0.05) is 29.3 Å². The van der Waals surface area contributed by atoms with Crippen molar-refractivity contribution in [2.45, 2.75) is 33.1 Å². The SMILES string of the molecule is Cc1cc(C)cc(CCNc2cc(N3CCCC(CO)C3)ncn2)c1. The molecule has 1 atom stereocenters. The first-order valence-electron chi connectivity index (χ1n) is 9.13. The Labute approximate surface area is 150 Å². The standard InChI is InChI=1S/C20H28N4O/c1-15-8-16(2)10-17(9-15)5-6-21-19-11-20(23-14-22-19)24-7-3-4-18(12-24)13-25/h8-11,14,18,25H,3-7,12-13H2,1-2H3,(H,21,22,23). The molecule has 1 aromatic heterocycles. The second kappa shape index (κ2) is 8.30. The van der Waals surface area contributed by atoms with Crippen LogP contribution in [0.1, 0.15) is 29.5 Å². The maximum absolute atomic E-state index is 9.40. The van der Waals surface area contributed by atoms with E-state index < -0.39 is 0 Å². The van der Waals surface area contributed by atoms with Crippen molar-refractivity contribution >= 4 is 11.6 Å². The lowest BCUT2D eigenvalue weighted by atomic mass is 9.99. The Hall–Kier alpha value is -2.14. The van der Waals surface area contributed by atoms with Crippen LogP contribution in [0.25, 0.3) is 0 Å². The van der Waals surface area contributed by atoms with Crippen molar-refractivity contribution in [1.29, 1.82) is 0 Å². The van der Waals surface area contributed by atoms with Crippen LogP contribution in [0.3, 0.4) is 0 Å². The molecular formula is C20H28N4O. The van der Waals surface area contributed by atoms with Gasteiger partial charge in [-0.15, -0.1) is 0 Å². The Morgan fingerprint density at radius 1 is 1.16 bits per heavy atom. The average Bonchev–Trinajstić information content (AvgIpc) is 2.61. The minimum Gasteiger partial charge on any atom is -0.396 e. The third-order valence-corrected chi connectivity index (χ3v) is 4.76. The summed E-state index contributed by atoms with van der Waals surface area (Å²) >= 11 is 0. The maximum Gasteiger partial charge on any atom is 0.134 e. The van der Waals surface area contributed by atoms with Gasteiger partial charge in [0.1, 0.15) is 18.0 Å². The van der Waals surface area contributed by atoms with Crippen molar-refractivity contribution < 1.29 is 5.11 Å². The molecule has 2 N–H and O–H groups in total. The zero-order valence-electron chi connectivity index (χ0n) is 15.2. The lowest BCUT2D eigenvalue weighted by Gasteiger charge is -2.32. The van der Waals surface area contributed by atoms with Gasteiger partial charge in [0.2, 0.25) is 0 Å². The van der Waals surface area contributed by atoms with Crippen molar-refractivity contribution in [2.75, 3.05) is 36.5 Å². The van der Waals surface area contributed by atoms with Crippen LogP contribution in [-0.4, -0.2) is 41.3 Å². The van der Waals surface area contributed by atoms with E-state index in [2.05, 4.69) is 52.2 Å². The summed E-state index contributed by atoms with van der Waals surface area (Å²) in [6, 6.07) is 8.69. The highest BCUT2D eigenvalue weighted by molar-refractivity contribution is 5.48. The number of aromatic nitrogens is 2. The van der Waals surface area contributed by atoms with Gasteiger partial charge in [0.25, 0.3) is 0 Å². The zero-order valence-corrected chi connectivity index (χ0v) is 15.2. The molecule has 2 aromatic rings. The quantitative estimate of drug-likeness (QED) is 0.846. The minimum absolute atomic E-state index is 0.253. The molecule has 0 spiro atoms. The third-order valence-electron chi connectivity index (χ3n) is 4.76. The topological polar surface area (TPSA) is 61.3 Å². The number of nitrogens with zero attached hydrogens (tertiary/aromatic N) is 3. The number of aliphatic hydroxyl groups excluding tert-OH is 1. The van der Waals surface area contributed by atoms with Gasteiger partial charge in [-0.2, -0.15) is 0 Å². The highest BCUT2D eigenvalue weighted by Gasteiger charge is 2.20. The molecule has 1 aliphatic rings. The van der Waals surface area contributed by atoms with E-state index in [1.807, 2.05) is 6.07 Å². The van der Waals surface area contributed by atoms with Gasteiger partial charge in [-0.05, 0) is 44.6 Å². The molecule has 5 heteroatoms. The largest absolute Gasteiger partial charge is 0.396 e. The molecule has 1 unspecified atom stereocenters. The number of aliphatic hydroxyl groups is 1. The fourth-order valence-corrected chi connectivity index (χ4v) is 3.59. The molecule has 1 fully saturated rings. The van der Waals surface area contributed by atoms with Gasteiger partial charge < -0.3 is 15.3 Å². The summed E-state index contributed by atoms with van der Waals surface area (Å²) in [7, 11) is 0. The fraction of sp³-hybridized carbons (Fsp3) is 0.500.